The largest absolute Gasteiger partial charge is 0.489 e. The molecule has 10 nitrogen and oxygen atoms in total. The molecular formula is C22H27F2N9O. The van der Waals surface area contributed by atoms with Crippen LogP contribution in [0.25, 0.3) is 11.1 Å². The first-order chi connectivity index (χ1) is 16.4. The summed E-state index contributed by atoms with van der Waals surface area (Å²) >= 11 is 0. The smallest absolute Gasteiger partial charge is 0.202 e. The van der Waals surface area contributed by atoms with E-state index < -0.39 is 11.6 Å². The van der Waals surface area contributed by atoms with Gasteiger partial charge in [0.1, 0.15) is 18.8 Å². The minimum atomic E-state index is -1.22. The first kappa shape index (κ1) is 24.7. The Morgan fingerprint density at radius 1 is 1.06 bits per heavy atom. The third-order valence-electron chi connectivity index (χ3n) is 5.25. The van der Waals surface area contributed by atoms with Crippen LogP contribution < -0.4 is 27.2 Å². The van der Waals surface area contributed by atoms with E-state index in [9.17, 15) is 8.78 Å². The molecule has 0 amide bonds. The number of ether oxygens (including phenoxy) is 1. The summed E-state index contributed by atoms with van der Waals surface area (Å²) in [5.74, 6) is 8.94. The van der Waals surface area contributed by atoms with Crippen LogP contribution in [0.15, 0.2) is 48.2 Å². The predicted octanol–water partition coefficient (Wildman–Crippen LogP) is 2.12. The lowest BCUT2D eigenvalue weighted by Gasteiger charge is -2.23. The number of hydrazine groups is 1. The van der Waals surface area contributed by atoms with Gasteiger partial charge in [-0.3, -0.25) is 5.01 Å². The third kappa shape index (κ3) is 5.35. The van der Waals surface area contributed by atoms with Crippen molar-refractivity contribution in [1.29, 1.82) is 0 Å². The normalized spacial score (nSPS) is 11.6. The summed E-state index contributed by atoms with van der Waals surface area (Å²) in [6.07, 6.45) is 6.06. The van der Waals surface area contributed by atoms with Gasteiger partial charge in [0, 0.05) is 36.3 Å². The number of hydrogen-bond acceptors (Lipinski definition) is 9. The summed E-state index contributed by atoms with van der Waals surface area (Å²) in [5, 5.41) is 4.45. The zero-order valence-corrected chi connectivity index (χ0v) is 18.9. The fourth-order valence-corrected chi connectivity index (χ4v) is 3.28. The molecule has 0 aliphatic carbocycles. The second kappa shape index (κ2) is 11.3. The molecule has 3 aromatic rings. The molecule has 2 heterocycles. The molecule has 12 heteroatoms. The predicted molar refractivity (Wildman–Crippen MR) is 127 cm³/mol. The van der Waals surface area contributed by atoms with Gasteiger partial charge in [0.2, 0.25) is 5.82 Å². The van der Waals surface area contributed by atoms with Crippen molar-refractivity contribution in [2.75, 3.05) is 37.0 Å². The van der Waals surface area contributed by atoms with E-state index in [-0.39, 0.29) is 35.3 Å². The zero-order chi connectivity index (χ0) is 24.7. The number of nitrogens with zero attached hydrogens (tertiary/aromatic N) is 6. The molecule has 180 valence electrons. The van der Waals surface area contributed by atoms with E-state index in [2.05, 4.69) is 25.0 Å². The fourth-order valence-electron chi connectivity index (χ4n) is 3.28. The second-order valence-electron chi connectivity index (χ2n) is 7.19. The number of amidine groups is 1. The lowest BCUT2D eigenvalue weighted by molar-refractivity contribution is 0.216. The molecule has 2 aromatic heterocycles. The van der Waals surface area contributed by atoms with Gasteiger partial charge < -0.3 is 21.2 Å². The van der Waals surface area contributed by atoms with Gasteiger partial charge in [0.05, 0.1) is 11.3 Å². The van der Waals surface area contributed by atoms with Crippen molar-refractivity contribution in [3.05, 3.63) is 60.3 Å². The zero-order valence-electron chi connectivity index (χ0n) is 18.9. The van der Waals surface area contributed by atoms with Crippen molar-refractivity contribution in [2.24, 2.45) is 16.8 Å². The van der Waals surface area contributed by atoms with Crippen LogP contribution in [0.1, 0.15) is 19.4 Å². The Morgan fingerprint density at radius 2 is 1.76 bits per heavy atom. The molecule has 34 heavy (non-hydrogen) atoms. The van der Waals surface area contributed by atoms with E-state index in [0.717, 1.165) is 18.1 Å². The Labute approximate surface area is 196 Å². The van der Waals surface area contributed by atoms with Crippen molar-refractivity contribution >= 4 is 17.3 Å². The number of nitrogens with two attached hydrogens (primary N) is 3. The molecular weight excluding hydrogens is 444 g/mol. The van der Waals surface area contributed by atoms with E-state index >= 15 is 0 Å². The topological polar surface area (TPSA) is 145 Å². The molecule has 0 spiro atoms. The quantitative estimate of drug-likeness (QED) is 0.185. The van der Waals surface area contributed by atoms with Crippen molar-refractivity contribution < 1.29 is 13.5 Å². The highest BCUT2D eigenvalue weighted by atomic mass is 19.2. The maximum absolute atomic E-state index is 14.9. The Morgan fingerprint density at radius 3 is 2.41 bits per heavy atom. The monoisotopic (exact) mass is 471 g/mol. The van der Waals surface area contributed by atoms with Gasteiger partial charge in [0.25, 0.3) is 0 Å². The minimum Gasteiger partial charge on any atom is -0.489 e. The lowest BCUT2D eigenvalue weighted by Crippen LogP contribution is -2.40. The Kier molecular flexibility index (Phi) is 8.22. The SMILES string of the molecule is CCN(CC)CCOc1ccc(N(N)/C(=N\N)c2cc(-c3cncnc3)cnc2N)c(F)c1F. The fraction of sp³-hybridized carbons (Fsp3) is 0.273. The minimum absolute atomic E-state index is 0.0393. The first-order valence-corrected chi connectivity index (χ1v) is 10.6. The van der Waals surface area contributed by atoms with Gasteiger partial charge in [-0.15, -0.1) is 0 Å². The molecule has 0 saturated heterocycles. The Balaban J connectivity index is 1.87. The van der Waals surface area contributed by atoms with Gasteiger partial charge in [-0.05, 0) is 31.3 Å². The van der Waals surface area contributed by atoms with Crippen molar-refractivity contribution in [3.8, 4) is 16.9 Å². The summed E-state index contributed by atoms with van der Waals surface area (Å²) in [6.45, 7) is 6.47. The van der Waals surface area contributed by atoms with E-state index in [4.69, 9.17) is 22.2 Å². The van der Waals surface area contributed by atoms with Gasteiger partial charge in [-0.2, -0.15) is 9.49 Å². The maximum Gasteiger partial charge on any atom is 0.202 e. The molecule has 0 fully saturated rings. The van der Waals surface area contributed by atoms with E-state index in [1.54, 1.807) is 18.5 Å². The molecule has 0 bridgehead atoms. The van der Waals surface area contributed by atoms with Crippen LogP contribution in [-0.2, 0) is 0 Å². The lowest BCUT2D eigenvalue weighted by atomic mass is 10.1. The highest BCUT2D eigenvalue weighted by molar-refractivity contribution is 6.12. The highest BCUT2D eigenvalue weighted by Gasteiger charge is 2.23. The standard InChI is InChI=1S/C22H27F2N9O/c1-3-32(4-2)7-8-34-18-6-5-17(19(23)20(18)24)33(27)22(31-26)16-9-14(12-30-21(16)25)15-10-28-13-29-11-15/h5-6,9-13H,3-4,7-8,26-27H2,1-2H3,(H2,25,30)/b31-22-. The number of nitrogen functional groups attached to an aromatic ring is 1. The van der Waals surface area contributed by atoms with Crippen molar-refractivity contribution in [1.82, 2.24) is 19.9 Å². The van der Waals surface area contributed by atoms with Crippen LogP contribution in [0, 0.1) is 11.6 Å². The van der Waals surface area contributed by atoms with Crippen molar-refractivity contribution in [2.45, 2.75) is 13.8 Å². The number of rotatable bonds is 9. The summed E-state index contributed by atoms with van der Waals surface area (Å²) in [5.41, 5.74) is 7.15. The van der Waals surface area contributed by atoms with E-state index in [1.807, 2.05) is 13.8 Å². The third-order valence-corrected chi connectivity index (χ3v) is 5.25. The number of aromatic nitrogens is 3. The second-order valence-corrected chi connectivity index (χ2v) is 7.19. The maximum atomic E-state index is 14.9. The molecule has 3 rings (SSSR count). The molecule has 0 aliphatic heterocycles. The van der Waals surface area contributed by atoms with Gasteiger partial charge in [0.15, 0.2) is 17.4 Å². The Bertz CT molecular complexity index is 1140. The molecule has 0 atom stereocenters. The number of anilines is 2. The number of hydrazone groups is 1. The van der Waals surface area contributed by atoms with Gasteiger partial charge in [-0.25, -0.2) is 25.2 Å². The number of likely N-dealkylation sites (N-methyl/N-ethyl adjacent to an activating group) is 1. The first-order valence-electron chi connectivity index (χ1n) is 10.6. The molecule has 6 N–H and O–H groups in total. The number of halogens is 2. The Hall–Kier alpha value is -3.90. The van der Waals surface area contributed by atoms with E-state index in [1.165, 1.54) is 24.7 Å². The number of pyridine rings is 1. The average molecular weight is 472 g/mol. The van der Waals surface area contributed by atoms with Crippen LogP contribution in [0.4, 0.5) is 20.3 Å². The summed E-state index contributed by atoms with van der Waals surface area (Å²) in [4.78, 5) is 14.2. The molecule has 0 radical (unpaired) electrons. The summed E-state index contributed by atoms with van der Waals surface area (Å²) in [6, 6.07) is 4.17. The number of benzene rings is 1. The van der Waals surface area contributed by atoms with Crippen LogP contribution >= 0.6 is 0 Å². The van der Waals surface area contributed by atoms with Crippen LogP contribution in [-0.4, -0.2) is 51.9 Å². The average Bonchev–Trinajstić information content (AvgIpc) is 2.86. The van der Waals surface area contributed by atoms with Crippen LogP contribution in [0.2, 0.25) is 0 Å². The van der Waals surface area contributed by atoms with Gasteiger partial charge >= 0.3 is 0 Å². The van der Waals surface area contributed by atoms with Crippen LogP contribution in [0.5, 0.6) is 5.75 Å². The highest BCUT2D eigenvalue weighted by Crippen LogP contribution is 2.29. The number of hydrogen-bond donors (Lipinski definition) is 3. The van der Waals surface area contributed by atoms with Gasteiger partial charge in [-0.1, -0.05) is 13.8 Å². The molecule has 0 unspecified atom stereocenters. The molecule has 0 saturated carbocycles. The summed E-state index contributed by atoms with van der Waals surface area (Å²) in [7, 11) is 0. The van der Waals surface area contributed by atoms with E-state index in [0.29, 0.717) is 17.7 Å². The van der Waals surface area contributed by atoms with Crippen LogP contribution in [0.3, 0.4) is 0 Å². The molecule has 0 aliphatic rings. The molecule has 1 aromatic carbocycles. The van der Waals surface area contributed by atoms with Crippen molar-refractivity contribution in [3.63, 3.8) is 0 Å². The summed E-state index contributed by atoms with van der Waals surface area (Å²) < 4.78 is 35.1.